The lowest BCUT2D eigenvalue weighted by molar-refractivity contribution is -0.460. The molecule has 3 N–H and O–H groups in total. The van der Waals surface area contributed by atoms with Gasteiger partial charge in [0.1, 0.15) is 5.75 Å². The number of carbonyl (C=O) groups excluding carboxylic acids is 2. The van der Waals surface area contributed by atoms with Crippen LogP contribution in [-0.2, 0) is 4.74 Å². The Kier molecular flexibility index (Phi) is 10.4. The quantitative estimate of drug-likeness (QED) is 0.225. The standard InChI is InChI=1S/C25H25F10N3O4/c1-5-36-17-8-6-7-15(18(17)20(40)37-12(2)3)19(39)38-16-10-9-14(11-13(16)4)41-22(27,28)21(26)42-25(34,35)23(29,30)24(31,32)33/h6-12,21,36H,5H2,1-4H3,(H,37,40)(H,38,39). The Balaban J connectivity index is 2.26. The average Bonchev–Trinajstić information content (AvgIpc) is 2.84. The molecule has 1 atom stereocenters. The summed E-state index contributed by atoms with van der Waals surface area (Å²) >= 11 is 0. The molecule has 0 aromatic heterocycles. The van der Waals surface area contributed by atoms with E-state index < -0.39 is 48.2 Å². The van der Waals surface area contributed by atoms with Crippen LogP contribution in [0.5, 0.6) is 5.75 Å². The molecule has 2 amide bonds. The third-order valence-corrected chi connectivity index (χ3v) is 5.26. The summed E-state index contributed by atoms with van der Waals surface area (Å²) in [6.45, 7) is 6.80. The molecule has 0 aliphatic heterocycles. The first-order valence-electron chi connectivity index (χ1n) is 12.0. The van der Waals surface area contributed by atoms with Crippen LogP contribution in [0.3, 0.4) is 0 Å². The molecule has 0 heterocycles. The van der Waals surface area contributed by atoms with E-state index in [0.29, 0.717) is 18.3 Å². The minimum Gasteiger partial charge on any atom is -0.429 e. The van der Waals surface area contributed by atoms with Crippen molar-refractivity contribution >= 4 is 23.2 Å². The number of benzene rings is 2. The summed E-state index contributed by atoms with van der Waals surface area (Å²) in [6.07, 6.45) is -23.9. The van der Waals surface area contributed by atoms with Gasteiger partial charge in [0, 0.05) is 24.0 Å². The lowest BCUT2D eigenvalue weighted by atomic mass is 10.0. The topological polar surface area (TPSA) is 88.7 Å². The number of carbonyl (C=O) groups is 2. The summed E-state index contributed by atoms with van der Waals surface area (Å²) in [5, 5.41) is 8.06. The van der Waals surface area contributed by atoms with E-state index in [2.05, 4.69) is 25.4 Å². The van der Waals surface area contributed by atoms with Crippen molar-refractivity contribution in [3.63, 3.8) is 0 Å². The summed E-state index contributed by atoms with van der Waals surface area (Å²) in [7, 11) is 0. The number of hydrogen-bond donors (Lipinski definition) is 3. The molecule has 2 rings (SSSR count). The highest BCUT2D eigenvalue weighted by Gasteiger charge is 2.76. The zero-order valence-electron chi connectivity index (χ0n) is 22.2. The smallest absolute Gasteiger partial charge is 0.429 e. The van der Waals surface area contributed by atoms with Gasteiger partial charge in [0.2, 0.25) is 0 Å². The molecule has 0 saturated carbocycles. The maximum atomic E-state index is 14.0. The molecule has 1 unspecified atom stereocenters. The molecule has 0 aliphatic rings. The number of hydrogen-bond acceptors (Lipinski definition) is 5. The van der Waals surface area contributed by atoms with E-state index in [0.717, 1.165) is 12.1 Å². The number of ether oxygens (including phenoxy) is 2. The molecule has 0 saturated heterocycles. The van der Waals surface area contributed by atoms with Crippen LogP contribution in [0.4, 0.5) is 55.3 Å². The second-order valence-electron chi connectivity index (χ2n) is 9.00. The van der Waals surface area contributed by atoms with Crippen molar-refractivity contribution < 1.29 is 63.0 Å². The fourth-order valence-corrected chi connectivity index (χ4v) is 3.33. The van der Waals surface area contributed by atoms with Crippen molar-refractivity contribution in [2.75, 3.05) is 17.2 Å². The zero-order valence-corrected chi connectivity index (χ0v) is 22.2. The Labute approximate surface area is 232 Å². The second kappa shape index (κ2) is 12.6. The maximum Gasteiger partial charge on any atom is 0.462 e. The Morgan fingerprint density at radius 1 is 0.905 bits per heavy atom. The van der Waals surface area contributed by atoms with Gasteiger partial charge in [-0.05, 0) is 63.6 Å². The second-order valence-corrected chi connectivity index (χ2v) is 9.00. The molecule has 0 fully saturated rings. The predicted molar refractivity (Wildman–Crippen MR) is 130 cm³/mol. The number of nitrogens with one attached hydrogen (secondary N) is 3. The number of amides is 2. The van der Waals surface area contributed by atoms with Crippen molar-refractivity contribution in [1.29, 1.82) is 0 Å². The summed E-state index contributed by atoms with van der Waals surface area (Å²) < 4.78 is 137. The van der Waals surface area contributed by atoms with Gasteiger partial charge in [0.05, 0.1) is 11.1 Å². The molecular formula is C25H25F10N3O4. The van der Waals surface area contributed by atoms with Gasteiger partial charge in [-0.15, -0.1) is 0 Å². The first kappa shape index (κ1) is 34.4. The van der Waals surface area contributed by atoms with Crippen LogP contribution in [0, 0.1) is 6.92 Å². The van der Waals surface area contributed by atoms with E-state index in [1.165, 1.54) is 19.1 Å². The molecule has 0 spiro atoms. The Hall–Kier alpha value is -3.76. The number of halogens is 10. The zero-order chi connectivity index (χ0) is 32.3. The highest BCUT2D eigenvalue weighted by atomic mass is 19.4. The minimum absolute atomic E-state index is 0.00434. The van der Waals surface area contributed by atoms with Crippen LogP contribution in [-0.4, -0.2) is 55.1 Å². The normalized spacial score (nSPS) is 13.5. The third-order valence-electron chi connectivity index (χ3n) is 5.26. The Morgan fingerprint density at radius 2 is 1.52 bits per heavy atom. The van der Waals surface area contributed by atoms with Crippen LogP contribution in [0.25, 0.3) is 0 Å². The van der Waals surface area contributed by atoms with Gasteiger partial charge < -0.3 is 20.7 Å². The first-order chi connectivity index (χ1) is 19.1. The van der Waals surface area contributed by atoms with Gasteiger partial charge in [-0.1, -0.05) is 6.07 Å². The molecule has 234 valence electrons. The fourth-order valence-electron chi connectivity index (χ4n) is 3.33. The molecule has 2 aromatic rings. The summed E-state index contributed by atoms with van der Waals surface area (Å²) in [6, 6.07) is 6.52. The Bertz CT molecular complexity index is 1290. The van der Waals surface area contributed by atoms with E-state index >= 15 is 0 Å². The highest BCUT2D eigenvalue weighted by molar-refractivity contribution is 6.14. The monoisotopic (exact) mass is 621 g/mol. The van der Waals surface area contributed by atoms with E-state index in [1.807, 2.05) is 0 Å². The summed E-state index contributed by atoms with van der Waals surface area (Å²) in [5.74, 6) is -9.34. The first-order valence-corrected chi connectivity index (χ1v) is 12.0. The van der Waals surface area contributed by atoms with Gasteiger partial charge in [-0.25, -0.2) is 4.39 Å². The van der Waals surface area contributed by atoms with Gasteiger partial charge >= 0.3 is 30.7 Å². The average molecular weight is 621 g/mol. The van der Waals surface area contributed by atoms with Crippen LogP contribution < -0.4 is 20.7 Å². The summed E-state index contributed by atoms with van der Waals surface area (Å²) in [5.41, 5.74) is 0.200. The third kappa shape index (κ3) is 7.74. The van der Waals surface area contributed by atoms with E-state index in [-0.39, 0.29) is 28.4 Å². The van der Waals surface area contributed by atoms with Gasteiger partial charge in [0.25, 0.3) is 11.8 Å². The number of aryl methyl sites for hydroxylation is 1. The van der Waals surface area contributed by atoms with Crippen LogP contribution in [0.1, 0.15) is 47.1 Å². The SMILES string of the molecule is CCNc1cccc(C(=O)Nc2ccc(OC(F)(F)C(F)OC(F)(F)C(F)(F)C(F)(F)F)cc2C)c1C(=O)NC(C)C. The maximum absolute atomic E-state index is 14.0. The molecule has 7 nitrogen and oxygen atoms in total. The van der Waals surface area contributed by atoms with Crippen molar-refractivity contribution in [3.8, 4) is 5.75 Å². The summed E-state index contributed by atoms with van der Waals surface area (Å²) in [4.78, 5) is 25.9. The highest BCUT2D eigenvalue weighted by Crippen LogP contribution is 2.48. The molecule has 2 aromatic carbocycles. The number of anilines is 2. The molecule has 0 bridgehead atoms. The van der Waals surface area contributed by atoms with E-state index in [9.17, 15) is 53.5 Å². The van der Waals surface area contributed by atoms with Gasteiger partial charge in [-0.2, -0.15) is 39.5 Å². The number of rotatable bonds is 12. The van der Waals surface area contributed by atoms with Crippen LogP contribution in [0.2, 0.25) is 0 Å². The molecule has 0 aliphatic carbocycles. The van der Waals surface area contributed by atoms with Crippen molar-refractivity contribution in [3.05, 3.63) is 53.1 Å². The lowest BCUT2D eigenvalue weighted by Crippen LogP contribution is -2.56. The molecule has 17 heteroatoms. The van der Waals surface area contributed by atoms with Crippen molar-refractivity contribution in [1.82, 2.24) is 5.32 Å². The fraction of sp³-hybridized carbons (Fsp3) is 0.440. The van der Waals surface area contributed by atoms with Gasteiger partial charge in [0.15, 0.2) is 0 Å². The molecule has 42 heavy (non-hydrogen) atoms. The van der Waals surface area contributed by atoms with Gasteiger partial charge in [-0.3, -0.25) is 14.3 Å². The lowest BCUT2D eigenvalue weighted by Gasteiger charge is -2.30. The molecule has 0 radical (unpaired) electrons. The Morgan fingerprint density at radius 3 is 2.05 bits per heavy atom. The van der Waals surface area contributed by atoms with Crippen LogP contribution in [0.15, 0.2) is 36.4 Å². The predicted octanol–water partition coefficient (Wildman–Crippen LogP) is 6.89. The number of alkyl halides is 10. The van der Waals surface area contributed by atoms with Crippen molar-refractivity contribution in [2.45, 2.75) is 64.4 Å². The largest absolute Gasteiger partial charge is 0.462 e. The minimum atomic E-state index is -7.00. The van der Waals surface area contributed by atoms with E-state index in [1.54, 1.807) is 26.8 Å². The van der Waals surface area contributed by atoms with E-state index in [4.69, 9.17) is 0 Å². The van der Waals surface area contributed by atoms with Crippen LogP contribution >= 0.6 is 0 Å². The van der Waals surface area contributed by atoms with Crippen molar-refractivity contribution in [2.24, 2.45) is 0 Å². The molecular weight excluding hydrogens is 596 g/mol.